The maximum atomic E-state index is 13.9. The molecule has 1 aliphatic rings. The van der Waals surface area contributed by atoms with Crippen LogP contribution in [0.4, 0.5) is 4.39 Å². The number of β-amino-alcohol motifs (C(OH)–C–C–N with tert-alkyl or cyclic N) is 1. The van der Waals surface area contributed by atoms with Crippen LogP contribution in [0, 0.1) is 12.7 Å². The second kappa shape index (κ2) is 9.45. The predicted octanol–water partition coefficient (Wildman–Crippen LogP) is 3.73. The lowest BCUT2D eigenvalue weighted by Gasteiger charge is -2.30. The highest BCUT2D eigenvalue weighted by Gasteiger charge is 2.20. The lowest BCUT2D eigenvalue weighted by Crippen LogP contribution is -2.37. The molecule has 0 aliphatic carbocycles. The summed E-state index contributed by atoms with van der Waals surface area (Å²) in [6.07, 6.45) is 1.43. The molecule has 2 aromatic carbocycles. The van der Waals surface area contributed by atoms with Crippen molar-refractivity contribution in [3.05, 3.63) is 59.6 Å². The van der Waals surface area contributed by atoms with Crippen molar-refractivity contribution in [2.45, 2.75) is 39.0 Å². The van der Waals surface area contributed by atoms with Gasteiger partial charge in [-0.3, -0.25) is 4.90 Å². The van der Waals surface area contributed by atoms with E-state index in [-0.39, 0.29) is 18.5 Å². The Bertz CT molecular complexity index is 1040. The number of piperidine rings is 1. The van der Waals surface area contributed by atoms with Crippen LogP contribution in [0.3, 0.4) is 0 Å². The summed E-state index contributed by atoms with van der Waals surface area (Å²) >= 11 is 0. The molecular formula is C23H26FN3O4. The summed E-state index contributed by atoms with van der Waals surface area (Å²) in [5, 5.41) is 17.8. The van der Waals surface area contributed by atoms with Crippen molar-refractivity contribution in [1.82, 2.24) is 15.1 Å². The van der Waals surface area contributed by atoms with Crippen LogP contribution in [0.2, 0.25) is 0 Å². The van der Waals surface area contributed by atoms with Crippen molar-refractivity contribution in [2.75, 3.05) is 20.2 Å². The van der Waals surface area contributed by atoms with E-state index in [4.69, 9.17) is 13.9 Å². The average Bonchev–Trinajstić information content (AvgIpc) is 3.18. The maximum absolute atomic E-state index is 13.9. The minimum absolute atomic E-state index is 0.152. The molecule has 2 heterocycles. The van der Waals surface area contributed by atoms with Gasteiger partial charge in [0.1, 0.15) is 17.3 Å². The number of methoxy groups -OCH3 is 1. The van der Waals surface area contributed by atoms with Crippen LogP contribution in [0.15, 0.2) is 40.8 Å². The van der Waals surface area contributed by atoms with Gasteiger partial charge in [0.15, 0.2) is 6.61 Å². The number of benzene rings is 2. The molecule has 4 rings (SSSR count). The van der Waals surface area contributed by atoms with E-state index < -0.39 is 0 Å². The summed E-state index contributed by atoms with van der Waals surface area (Å²) < 4.78 is 30.7. The lowest BCUT2D eigenvalue weighted by molar-refractivity contribution is 0.0662. The summed E-state index contributed by atoms with van der Waals surface area (Å²) in [4.78, 5) is 2.19. The molecule has 0 saturated carbocycles. The number of aliphatic hydroxyl groups is 1. The van der Waals surface area contributed by atoms with Crippen LogP contribution in [0.25, 0.3) is 11.1 Å². The van der Waals surface area contributed by atoms with Crippen LogP contribution in [-0.2, 0) is 13.2 Å². The molecule has 1 fully saturated rings. The van der Waals surface area contributed by atoms with Gasteiger partial charge in [-0.15, -0.1) is 10.2 Å². The summed E-state index contributed by atoms with van der Waals surface area (Å²) in [6.45, 7) is 3.98. The predicted molar refractivity (Wildman–Crippen MR) is 112 cm³/mol. The molecule has 0 radical (unpaired) electrons. The molecule has 164 valence electrons. The van der Waals surface area contributed by atoms with E-state index in [0.717, 1.165) is 30.5 Å². The second-order valence-electron chi connectivity index (χ2n) is 7.70. The molecule has 7 nitrogen and oxygen atoms in total. The Hall–Kier alpha value is -2.97. The van der Waals surface area contributed by atoms with Gasteiger partial charge in [-0.05, 0) is 55.3 Å². The first kappa shape index (κ1) is 21.3. The minimum Gasteiger partial charge on any atom is -0.496 e. The van der Waals surface area contributed by atoms with E-state index in [1.807, 2.05) is 18.2 Å². The van der Waals surface area contributed by atoms with Crippen molar-refractivity contribution in [1.29, 1.82) is 0 Å². The SMILES string of the molecule is COc1ccc(F)cc1-c1ccc(OCc2nnc(C)o2)c(CN2CCCC(O)C2)c1. The van der Waals surface area contributed by atoms with Crippen molar-refractivity contribution < 1.29 is 23.4 Å². The number of aliphatic hydroxyl groups excluding tert-OH is 1. The minimum atomic E-state index is -0.330. The standard InChI is InChI=1S/C23H26FN3O4/c1-15-25-26-23(31-15)14-30-21-7-5-16(20-11-18(24)6-8-22(20)29-2)10-17(21)12-27-9-3-4-19(28)13-27/h5-8,10-11,19,28H,3-4,9,12-14H2,1-2H3. The molecule has 1 aliphatic heterocycles. The van der Waals surface area contributed by atoms with Crippen LogP contribution >= 0.6 is 0 Å². The number of nitrogens with zero attached hydrogens (tertiary/aromatic N) is 3. The summed E-state index contributed by atoms with van der Waals surface area (Å²) in [7, 11) is 1.57. The van der Waals surface area contributed by atoms with E-state index in [2.05, 4.69) is 15.1 Å². The molecule has 1 N–H and O–H groups in total. The molecule has 8 heteroatoms. The Labute approximate surface area is 180 Å². The topological polar surface area (TPSA) is 80.9 Å². The largest absolute Gasteiger partial charge is 0.496 e. The highest BCUT2D eigenvalue weighted by molar-refractivity contribution is 5.72. The lowest BCUT2D eigenvalue weighted by atomic mass is 10.00. The fourth-order valence-electron chi connectivity index (χ4n) is 3.87. The van der Waals surface area contributed by atoms with Gasteiger partial charge >= 0.3 is 0 Å². The van der Waals surface area contributed by atoms with Gasteiger partial charge in [0.2, 0.25) is 5.89 Å². The third-order valence-electron chi connectivity index (χ3n) is 5.33. The fraction of sp³-hybridized carbons (Fsp3) is 0.391. The van der Waals surface area contributed by atoms with Crippen molar-refractivity contribution in [3.8, 4) is 22.6 Å². The van der Waals surface area contributed by atoms with Gasteiger partial charge in [0.25, 0.3) is 5.89 Å². The van der Waals surface area contributed by atoms with Crippen molar-refractivity contribution in [2.24, 2.45) is 0 Å². The van der Waals surface area contributed by atoms with Crippen LogP contribution in [0.1, 0.15) is 30.2 Å². The molecule has 0 amide bonds. The van der Waals surface area contributed by atoms with E-state index >= 15 is 0 Å². The number of halogens is 1. The van der Waals surface area contributed by atoms with Gasteiger partial charge < -0.3 is 19.0 Å². The zero-order valence-corrected chi connectivity index (χ0v) is 17.7. The molecule has 1 aromatic heterocycles. The zero-order valence-electron chi connectivity index (χ0n) is 17.7. The van der Waals surface area contributed by atoms with Gasteiger partial charge in [0, 0.05) is 31.1 Å². The number of hydrogen-bond acceptors (Lipinski definition) is 7. The molecule has 3 aromatic rings. The quantitative estimate of drug-likeness (QED) is 0.615. The van der Waals surface area contributed by atoms with Crippen molar-refractivity contribution >= 4 is 0 Å². The number of hydrogen-bond donors (Lipinski definition) is 1. The van der Waals surface area contributed by atoms with Gasteiger partial charge in [-0.25, -0.2) is 4.39 Å². The zero-order chi connectivity index (χ0) is 21.8. The molecule has 0 spiro atoms. The molecule has 1 atom stereocenters. The van der Waals surface area contributed by atoms with Crippen LogP contribution in [-0.4, -0.2) is 46.5 Å². The third-order valence-corrected chi connectivity index (χ3v) is 5.33. The molecule has 1 saturated heterocycles. The average molecular weight is 427 g/mol. The van der Waals surface area contributed by atoms with Crippen LogP contribution < -0.4 is 9.47 Å². The Balaban J connectivity index is 1.64. The number of aryl methyl sites for hydroxylation is 1. The van der Waals surface area contributed by atoms with Gasteiger partial charge in [-0.2, -0.15) is 0 Å². The second-order valence-corrected chi connectivity index (χ2v) is 7.70. The van der Waals surface area contributed by atoms with Gasteiger partial charge in [-0.1, -0.05) is 6.07 Å². The number of aromatic nitrogens is 2. The summed E-state index contributed by atoms with van der Waals surface area (Å²) in [5.74, 6) is 1.82. The first-order valence-electron chi connectivity index (χ1n) is 10.3. The number of ether oxygens (including phenoxy) is 2. The first-order valence-corrected chi connectivity index (χ1v) is 10.3. The Morgan fingerprint density at radius 2 is 2.03 bits per heavy atom. The van der Waals surface area contributed by atoms with Crippen molar-refractivity contribution in [3.63, 3.8) is 0 Å². The molecule has 1 unspecified atom stereocenters. The maximum Gasteiger partial charge on any atom is 0.253 e. The third kappa shape index (κ3) is 5.21. The first-order chi connectivity index (χ1) is 15.0. The summed E-state index contributed by atoms with van der Waals surface area (Å²) in [5.41, 5.74) is 2.42. The Morgan fingerprint density at radius 1 is 1.19 bits per heavy atom. The normalized spacial score (nSPS) is 17.0. The smallest absolute Gasteiger partial charge is 0.253 e. The molecule has 31 heavy (non-hydrogen) atoms. The van der Waals surface area contributed by atoms with E-state index in [1.54, 1.807) is 20.1 Å². The highest BCUT2D eigenvalue weighted by atomic mass is 19.1. The Morgan fingerprint density at radius 3 is 2.77 bits per heavy atom. The fourth-order valence-corrected chi connectivity index (χ4v) is 3.87. The van der Waals surface area contributed by atoms with E-state index in [9.17, 15) is 9.50 Å². The van der Waals surface area contributed by atoms with Crippen LogP contribution in [0.5, 0.6) is 11.5 Å². The van der Waals surface area contributed by atoms with Gasteiger partial charge in [0.05, 0.1) is 13.2 Å². The highest BCUT2D eigenvalue weighted by Crippen LogP contribution is 2.34. The van der Waals surface area contributed by atoms with E-state index in [0.29, 0.717) is 41.9 Å². The summed E-state index contributed by atoms with van der Waals surface area (Å²) in [6, 6.07) is 10.2. The number of rotatable bonds is 7. The van der Waals surface area contributed by atoms with E-state index in [1.165, 1.54) is 12.1 Å². The molecular weight excluding hydrogens is 401 g/mol. The monoisotopic (exact) mass is 427 g/mol. The number of likely N-dealkylation sites (tertiary alicyclic amines) is 1. The Kier molecular flexibility index (Phi) is 6.48. The molecule has 0 bridgehead atoms.